The number of primary amides is 1. The van der Waals surface area contributed by atoms with Crippen LogP contribution in [0.1, 0.15) is 55.2 Å². The van der Waals surface area contributed by atoms with Crippen molar-refractivity contribution in [3.05, 3.63) is 70.3 Å². The van der Waals surface area contributed by atoms with Crippen molar-refractivity contribution < 1.29 is 24.2 Å². The maximum Gasteiger partial charge on any atom is 0.254 e. The number of nitrogens with two attached hydrogens (primary N) is 1. The largest absolute Gasteiger partial charge is 0.487 e. The Labute approximate surface area is 253 Å². The minimum Gasteiger partial charge on any atom is -0.487 e. The Morgan fingerprint density at radius 3 is 2.71 bits per heavy atom. The van der Waals surface area contributed by atoms with Gasteiger partial charge in [0, 0.05) is 38.8 Å². The molecule has 2 aromatic carbocycles. The van der Waals surface area contributed by atoms with Crippen LogP contribution in [0.4, 0.5) is 5.69 Å². The predicted molar refractivity (Wildman–Crippen MR) is 163 cm³/mol. The summed E-state index contributed by atoms with van der Waals surface area (Å²) in [4.78, 5) is 29.8. The van der Waals surface area contributed by atoms with Crippen LogP contribution < -0.4 is 15.4 Å². The van der Waals surface area contributed by atoms with Gasteiger partial charge in [-0.25, -0.2) is 0 Å². The number of methoxy groups -OCH3 is 1. The van der Waals surface area contributed by atoms with Gasteiger partial charge >= 0.3 is 0 Å². The van der Waals surface area contributed by atoms with E-state index in [1.165, 1.54) is 10.5 Å². The van der Waals surface area contributed by atoms with Crippen LogP contribution in [0.2, 0.25) is 5.02 Å². The van der Waals surface area contributed by atoms with Crippen molar-refractivity contribution in [1.82, 2.24) is 4.90 Å². The first-order chi connectivity index (χ1) is 20.2. The van der Waals surface area contributed by atoms with Gasteiger partial charge in [0.15, 0.2) is 5.60 Å². The lowest BCUT2D eigenvalue weighted by atomic mass is 9.70. The fraction of sp³-hybridized carbons (Fsp3) is 0.515. The smallest absolute Gasteiger partial charge is 0.254 e. The Hall–Kier alpha value is -3.07. The van der Waals surface area contributed by atoms with Crippen LogP contribution in [0, 0.1) is 11.8 Å². The van der Waals surface area contributed by atoms with Crippen LogP contribution in [0.3, 0.4) is 0 Å². The zero-order valence-electron chi connectivity index (χ0n) is 24.6. The molecule has 4 atom stereocenters. The van der Waals surface area contributed by atoms with Crippen molar-refractivity contribution in [2.75, 3.05) is 38.7 Å². The topological polar surface area (TPSA) is 105 Å². The summed E-state index contributed by atoms with van der Waals surface area (Å²) < 4.78 is 12.4. The summed E-state index contributed by atoms with van der Waals surface area (Å²) in [6.45, 7) is 2.36. The number of fused-ring (bicyclic) bond motifs is 3. The number of nitrogens with zero attached hydrogens (tertiary/aromatic N) is 2. The molecule has 0 saturated heterocycles. The monoisotopic (exact) mass is 595 g/mol. The number of rotatable bonds is 2. The molecule has 2 bridgehead atoms. The van der Waals surface area contributed by atoms with Gasteiger partial charge in [0.05, 0.1) is 18.2 Å². The van der Waals surface area contributed by atoms with E-state index >= 15 is 0 Å². The number of carbonyl (C=O) groups is 2. The van der Waals surface area contributed by atoms with Crippen LogP contribution in [0.25, 0.3) is 0 Å². The average molecular weight is 596 g/mol. The van der Waals surface area contributed by atoms with E-state index in [4.69, 9.17) is 26.8 Å². The van der Waals surface area contributed by atoms with Crippen molar-refractivity contribution in [1.29, 1.82) is 0 Å². The van der Waals surface area contributed by atoms with Gasteiger partial charge in [0.25, 0.3) is 5.91 Å². The molecule has 1 aliphatic carbocycles. The van der Waals surface area contributed by atoms with Crippen molar-refractivity contribution in [2.24, 2.45) is 17.6 Å². The minimum atomic E-state index is -2.16. The van der Waals surface area contributed by atoms with Gasteiger partial charge < -0.3 is 30.1 Å². The molecule has 3 aliphatic rings. The number of anilines is 1. The molecule has 2 aromatic rings. The number of amides is 2. The van der Waals surface area contributed by atoms with Gasteiger partial charge in [-0.05, 0) is 91.3 Å². The molecule has 2 aliphatic heterocycles. The molecule has 0 aromatic heterocycles. The number of aryl methyl sites for hydroxylation is 1. The summed E-state index contributed by atoms with van der Waals surface area (Å²) >= 11 is 6.33. The highest BCUT2D eigenvalue weighted by molar-refractivity contribution is 6.30. The Bertz CT molecular complexity index is 1330. The first-order valence-electron chi connectivity index (χ1n) is 14.9. The highest BCUT2D eigenvalue weighted by atomic mass is 35.5. The van der Waals surface area contributed by atoms with Crippen LogP contribution in [-0.2, 0) is 33.0 Å². The maximum atomic E-state index is 13.2. The van der Waals surface area contributed by atoms with Crippen LogP contribution in [0.5, 0.6) is 5.75 Å². The summed E-state index contributed by atoms with van der Waals surface area (Å²) in [5.41, 5.74) is 6.95. The highest BCUT2D eigenvalue weighted by Crippen LogP contribution is 2.42. The fourth-order valence-electron chi connectivity index (χ4n) is 6.44. The maximum absolute atomic E-state index is 13.2. The molecule has 42 heavy (non-hydrogen) atoms. The number of aliphatic hydroxyl groups is 1. The van der Waals surface area contributed by atoms with Gasteiger partial charge in [-0.3, -0.25) is 9.59 Å². The second kappa shape index (κ2) is 13.1. The lowest BCUT2D eigenvalue weighted by Crippen LogP contribution is -2.46. The predicted octanol–water partition coefficient (Wildman–Crippen LogP) is 4.58. The third kappa shape index (κ3) is 6.46. The number of ether oxygens (including phenoxy) is 2. The van der Waals surface area contributed by atoms with Crippen molar-refractivity contribution in [2.45, 2.75) is 63.3 Å². The standard InChI is InChI=1S/C33H42ClN3O5/c1-36-15-5-4-8-29(41-2)27-13-10-23(27)20-37-16-6-3-7-22-17-26(34)12-9-24(22)21-42-30-14-11-25(18-28(30)37)33(40,32(35)39)19-31(36)38/h4,8-9,11-12,14,17-18,23,27,29,40H,3,5-7,10,13,15-16,19-21H2,1-2H3,(H2,35,39)/b8-4+/t23-,27+,29-,33+/m0/s1. The van der Waals surface area contributed by atoms with Gasteiger partial charge in [-0.15, -0.1) is 0 Å². The molecule has 0 unspecified atom stereocenters. The van der Waals surface area contributed by atoms with Crippen LogP contribution in [-0.4, -0.2) is 61.7 Å². The third-order valence-electron chi connectivity index (χ3n) is 9.28. The van der Waals surface area contributed by atoms with Crippen LogP contribution >= 0.6 is 11.6 Å². The molecular weight excluding hydrogens is 554 g/mol. The summed E-state index contributed by atoms with van der Waals surface area (Å²) in [6, 6.07) is 11.1. The quantitative estimate of drug-likeness (QED) is 0.492. The van der Waals surface area contributed by atoms with Crippen molar-refractivity contribution >= 4 is 29.1 Å². The summed E-state index contributed by atoms with van der Waals surface area (Å²) in [5.74, 6) is 0.112. The van der Waals surface area contributed by atoms with E-state index in [2.05, 4.69) is 17.1 Å². The number of benzene rings is 2. The van der Waals surface area contributed by atoms with E-state index in [0.717, 1.165) is 56.4 Å². The van der Waals surface area contributed by atoms with Crippen molar-refractivity contribution in [3.63, 3.8) is 0 Å². The number of halogens is 1. The average Bonchev–Trinajstić information content (AvgIpc) is 2.99. The van der Waals surface area contributed by atoms with Gasteiger partial charge in [0.1, 0.15) is 12.4 Å². The molecule has 3 N–H and O–H groups in total. The molecule has 226 valence electrons. The van der Waals surface area contributed by atoms with E-state index in [1.807, 2.05) is 18.2 Å². The Kier molecular flexibility index (Phi) is 9.45. The van der Waals surface area contributed by atoms with E-state index in [-0.39, 0.29) is 17.6 Å². The minimum absolute atomic E-state index is 0.00264. The second-order valence-electron chi connectivity index (χ2n) is 11.9. The van der Waals surface area contributed by atoms with E-state index in [0.29, 0.717) is 42.2 Å². The van der Waals surface area contributed by atoms with Gasteiger partial charge in [-0.1, -0.05) is 35.9 Å². The molecule has 5 rings (SSSR count). The zero-order valence-corrected chi connectivity index (χ0v) is 25.3. The molecule has 2 heterocycles. The molecule has 1 fully saturated rings. The Morgan fingerprint density at radius 2 is 1.98 bits per heavy atom. The van der Waals surface area contributed by atoms with Gasteiger partial charge in [-0.2, -0.15) is 0 Å². The normalized spacial score (nSPS) is 27.9. The Morgan fingerprint density at radius 1 is 1.14 bits per heavy atom. The summed E-state index contributed by atoms with van der Waals surface area (Å²) in [6.07, 6.45) is 9.36. The molecule has 0 radical (unpaired) electrons. The molecule has 9 heteroatoms. The molecular formula is C33H42ClN3O5. The lowest BCUT2D eigenvalue weighted by molar-refractivity contribution is -0.147. The number of hydrogen-bond donors (Lipinski definition) is 2. The van der Waals surface area contributed by atoms with E-state index in [1.54, 1.807) is 32.4 Å². The van der Waals surface area contributed by atoms with Gasteiger partial charge in [0.2, 0.25) is 5.91 Å². The van der Waals surface area contributed by atoms with E-state index < -0.39 is 17.9 Å². The zero-order chi connectivity index (χ0) is 29.9. The van der Waals surface area contributed by atoms with Crippen LogP contribution in [0.15, 0.2) is 48.6 Å². The van der Waals surface area contributed by atoms with E-state index in [9.17, 15) is 14.7 Å². The third-order valence-corrected chi connectivity index (χ3v) is 9.51. The number of carbonyl (C=O) groups excluding carboxylic acids is 2. The highest BCUT2D eigenvalue weighted by Gasteiger charge is 2.41. The lowest BCUT2D eigenvalue weighted by Gasteiger charge is -2.43. The molecule has 8 nitrogen and oxygen atoms in total. The summed E-state index contributed by atoms with van der Waals surface area (Å²) in [5, 5.41) is 12.4. The number of hydrogen-bond acceptors (Lipinski definition) is 6. The molecule has 0 spiro atoms. The first-order valence-corrected chi connectivity index (χ1v) is 15.3. The fourth-order valence-corrected chi connectivity index (χ4v) is 6.63. The van der Waals surface area contributed by atoms with Crippen molar-refractivity contribution in [3.8, 4) is 5.75 Å². The summed E-state index contributed by atoms with van der Waals surface area (Å²) in [7, 11) is 3.43. The second-order valence-corrected chi connectivity index (χ2v) is 12.4. The molecule has 2 amide bonds. The Balaban J connectivity index is 1.58. The SMILES string of the molecule is CO[C@H]1/C=C/CCN(C)C(=O)C[C@](O)(C(N)=O)c2ccc3c(c2)N(CCCCc2cc(Cl)ccc2CO3)C[C@@H]2CC[C@H]21. The first kappa shape index (κ1) is 30.4. The molecule has 1 saturated carbocycles.